The fourth-order valence-corrected chi connectivity index (χ4v) is 2.59. The molecule has 0 radical (unpaired) electrons. The average molecular weight is 372 g/mol. The third kappa shape index (κ3) is 4.57. The Morgan fingerprint density at radius 1 is 1.15 bits per heavy atom. The summed E-state index contributed by atoms with van der Waals surface area (Å²) in [5, 5.41) is 9.05. The SMILES string of the molecule is Cc1cc(OCc2ccc(F)cc2F)cc(=O)n1Cc1ccc(CO)cn1. The van der Waals surface area contributed by atoms with E-state index in [2.05, 4.69) is 4.98 Å². The predicted octanol–water partition coefficient (Wildman–Crippen LogP) is 2.95. The van der Waals surface area contributed by atoms with Crippen molar-refractivity contribution in [2.24, 2.45) is 0 Å². The molecule has 27 heavy (non-hydrogen) atoms. The Balaban J connectivity index is 1.74. The van der Waals surface area contributed by atoms with Crippen molar-refractivity contribution in [1.82, 2.24) is 9.55 Å². The van der Waals surface area contributed by atoms with E-state index in [9.17, 15) is 13.6 Å². The van der Waals surface area contributed by atoms with E-state index in [1.807, 2.05) is 0 Å². The first kappa shape index (κ1) is 18.7. The number of aromatic nitrogens is 2. The van der Waals surface area contributed by atoms with Crippen LogP contribution in [0.3, 0.4) is 0 Å². The summed E-state index contributed by atoms with van der Waals surface area (Å²) in [6.45, 7) is 1.84. The van der Waals surface area contributed by atoms with Gasteiger partial charge >= 0.3 is 0 Å². The zero-order chi connectivity index (χ0) is 19.4. The lowest BCUT2D eigenvalue weighted by atomic mass is 10.2. The number of ether oxygens (including phenoxy) is 1. The fraction of sp³-hybridized carbons (Fsp3) is 0.200. The summed E-state index contributed by atoms with van der Waals surface area (Å²) in [5.41, 5.74) is 1.95. The summed E-state index contributed by atoms with van der Waals surface area (Å²) in [6.07, 6.45) is 1.56. The first-order chi connectivity index (χ1) is 13.0. The Labute approximate surface area is 154 Å². The zero-order valence-corrected chi connectivity index (χ0v) is 14.7. The molecular weight excluding hydrogens is 354 g/mol. The molecule has 2 heterocycles. The average Bonchev–Trinajstić information content (AvgIpc) is 2.64. The van der Waals surface area contributed by atoms with E-state index in [1.54, 1.807) is 31.3 Å². The highest BCUT2D eigenvalue weighted by molar-refractivity contribution is 5.25. The summed E-state index contributed by atoms with van der Waals surface area (Å²) in [6, 6.07) is 9.73. The van der Waals surface area contributed by atoms with Crippen LogP contribution in [-0.4, -0.2) is 14.7 Å². The van der Waals surface area contributed by atoms with Crippen molar-refractivity contribution in [3.8, 4) is 5.75 Å². The molecule has 0 amide bonds. The van der Waals surface area contributed by atoms with Crippen LogP contribution < -0.4 is 10.3 Å². The highest BCUT2D eigenvalue weighted by atomic mass is 19.1. The molecule has 0 atom stereocenters. The molecule has 3 rings (SSSR count). The number of hydrogen-bond donors (Lipinski definition) is 1. The number of nitrogens with zero attached hydrogens (tertiary/aromatic N) is 2. The van der Waals surface area contributed by atoms with E-state index in [1.165, 1.54) is 16.7 Å². The van der Waals surface area contributed by atoms with Crippen molar-refractivity contribution in [3.63, 3.8) is 0 Å². The summed E-state index contributed by atoms with van der Waals surface area (Å²) < 4.78 is 33.6. The van der Waals surface area contributed by atoms with Gasteiger partial charge in [-0.1, -0.05) is 6.07 Å². The van der Waals surface area contributed by atoms with Crippen LogP contribution >= 0.6 is 0 Å². The lowest BCUT2D eigenvalue weighted by molar-refractivity contribution is 0.281. The third-order valence-corrected chi connectivity index (χ3v) is 4.11. The highest BCUT2D eigenvalue weighted by Crippen LogP contribution is 2.16. The largest absolute Gasteiger partial charge is 0.489 e. The molecule has 0 unspecified atom stereocenters. The zero-order valence-electron chi connectivity index (χ0n) is 14.7. The second-order valence-electron chi connectivity index (χ2n) is 6.10. The Hall–Kier alpha value is -3.06. The second kappa shape index (κ2) is 8.09. The van der Waals surface area contributed by atoms with Gasteiger partial charge in [0.25, 0.3) is 5.56 Å². The normalized spacial score (nSPS) is 10.8. The van der Waals surface area contributed by atoms with Crippen LogP contribution in [0.1, 0.15) is 22.5 Å². The number of aryl methyl sites for hydroxylation is 1. The van der Waals surface area contributed by atoms with Crippen LogP contribution in [0.25, 0.3) is 0 Å². The molecule has 5 nitrogen and oxygen atoms in total. The Bertz CT molecular complexity index is 1000. The van der Waals surface area contributed by atoms with Gasteiger partial charge in [-0.3, -0.25) is 9.78 Å². The minimum absolute atomic E-state index is 0.0903. The summed E-state index contributed by atoms with van der Waals surface area (Å²) in [4.78, 5) is 16.6. The van der Waals surface area contributed by atoms with Gasteiger partial charge in [0.1, 0.15) is 24.0 Å². The van der Waals surface area contributed by atoms with Gasteiger partial charge in [-0.05, 0) is 36.8 Å². The molecule has 0 spiro atoms. The van der Waals surface area contributed by atoms with E-state index in [0.29, 0.717) is 22.7 Å². The fourth-order valence-electron chi connectivity index (χ4n) is 2.59. The summed E-state index contributed by atoms with van der Waals surface area (Å²) >= 11 is 0. The van der Waals surface area contributed by atoms with Crippen molar-refractivity contribution in [3.05, 3.63) is 93.2 Å². The third-order valence-electron chi connectivity index (χ3n) is 4.11. The lowest BCUT2D eigenvalue weighted by Crippen LogP contribution is -2.22. The highest BCUT2D eigenvalue weighted by Gasteiger charge is 2.09. The molecule has 3 aromatic rings. The molecule has 0 aliphatic carbocycles. The molecule has 7 heteroatoms. The minimum atomic E-state index is -0.697. The molecule has 0 aliphatic rings. The molecule has 0 bridgehead atoms. The van der Waals surface area contributed by atoms with E-state index < -0.39 is 11.6 Å². The number of pyridine rings is 2. The number of benzene rings is 1. The van der Waals surface area contributed by atoms with Crippen LogP contribution in [0, 0.1) is 18.6 Å². The molecule has 2 aromatic heterocycles. The van der Waals surface area contributed by atoms with E-state index in [0.717, 1.165) is 12.1 Å². The monoisotopic (exact) mass is 372 g/mol. The van der Waals surface area contributed by atoms with Crippen molar-refractivity contribution in [1.29, 1.82) is 0 Å². The number of aliphatic hydroxyl groups excluding tert-OH is 1. The van der Waals surface area contributed by atoms with Gasteiger partial charge in [-0.2, -0.15) is 0 Å². The Kier molecular flexibility index (Phi) is 5.61. The van der Waals surface area contributed by atoms with Crippen molar-refractivity contribution in [2.75, 3.05) is 0 Å². The van der Waals surface area contributed by atoms with Gasteiger partial charge in [-0.25, -0.2) is 8.78 Å². The van der Waals surface area contributed by atoms with Crippen LogP contribution in [0.5, 0.6) is 5.75 Å². The summed E-state index contributed by atoms with van der Waals surface area (Å²) in [7, 11) is 0. The van der Waals surface area contributed by atoms with Crippen LogP contribution in [0.15, 0.2) is 53.5 Å². The molecule has 140 valence electrons. The smallest absolute Gasteiger partial charge is 0.254 e. The molecule has 0 saturated carbocycles. The number of rotatable bonds is 6. The van der Waals surface area contributed by atoms with Crippen LogP contribution in [0.4, 0.5) is 8.78 Å². The first-order valence-electron chi connectivity index (χ1n) is 8.29. The van der Waals surface area contributed by atoms with E-state index >= 15 is 0 Å². The standard InChI is InChI=1S/C20H18F2N2O3/c1-13-6-18(27-12-15-3-4-16(21)7-19(15)22)8-20(26)24(13)10-17-5-2-14(11-25)9-23-17/h2-9,25H,10-12H2,1H3. The summed E-state index contributed by atoms with van der Waals surface area (Å²) in [5.74, 6) is -1.05. The predicted molar refractivity (Wildman–Crippen MR) is 95.4 cm³/mol. The van der Waals surface area contributed by atoms with Crippen molar-refractivity contribution < 1.29 is 18.6 Å². The Morgan fingerprint density at radius 2 is 1.96 bits per heavy atom. The molecule has 1 aromatic carbocycles. The molecule has 0 aliphatic heterocycles. The first-order valence-corrected chi connectivity index (χ1v) is 8.29. The van der Waals surface area contributed by atoms with E-state index in [-0.39, 0.29) is 30.9 Å². The van der Waals surface area contributed by atoms with Gasteiger partial charge < -0.3 is 14.4 Å². The number of aliphatic hydroxyl groups is 1. The maximum absolute atomic E-state index is 13.7. The quantitative estimate of drug-likeness (QED) is 0.723. The maximum Gasteiger partial charge on any atom is 0.254 e. The van der Waals surface area contributed by atoms with E-state index in [4.69, 9.17) is 9.84 Å². The van der Waals surface area contributed by atoms with Gasteiger partial charge in [0, 0.05) is 29.6 Å². The van der Waals surface area contributed by atoms with Crippen molar-refractivity contribution >= 4 is 0 Å². The van der Waals surface area contributed by atoms with Gasteiger partial charge in [0.15, 0.2) is 0 Å². The molecule has 0 fully saturated rings. The van der Waals surface area contributed by atoms with Crippen LogP contribution in [-0.2, 0) is 19.8 Å². The lowest BCUT2D eigenvalue weighted by Gasteiger charge is -2.13. The maximum atomic E-state index is 13.7. The number of halogens is 2. The molecule has 1 N–H and O–H groups in total. The topological polar surface area (TPSA) is 64.3 Å². The molecular formula is C20H18F2N2O3. The molecule has 0 saturated heterocycles. The number of hydrogen-bond acceptors (Lipinski definition) is 4. The van der Waals surface area contributed by atoms with Gasteiger partial charge in [0.05, 0.1) is 18.8 Å². The van der Waals surface area contributed by atoms with Crippen molar-refractivity contribution in [2.45, 2.75) is 26.7 Å². The Morgan fingerprint density at radius 3 is 2.59 bits per heavy atom. The second-order valence-corrected chi connectivity index (χ2v) is 6.10. The van der Waals surface area contributed by atoms with Gasteiger partial charge in [-0.15, -0.1) is 0 Å². The minimum Gasteiger partial charge on any atom is -0.489 e. The van der Waals surface area contributed by atoms with Crippen LogP contribution in [0.2, 0.25) is 0 Å². The van der Waals surface area contributed by atoms with Gasteiger partial charge in [0.2, 0.25) is 0 Å².